The fraction of sp³-hybridized carbons (Fsp3) is 0.364. The molecule has 2 heteroatoms. The Bertz CT molecular complexity index is 252. The molecule has 2 nitrogen and oxygen atoms in total. The van der Waals surface area contributed by atoms with E-state index in [1.807, 2.05) is 24.3 Å². The van der Waals surface area contributed by atoms with Crippen molar-refractivity contribution in [2.24, 2.45) is 0 Å². The molecule has 0 aromatic heterocycles. The van der Waals surface area contributed by atoms with Gasteiger partial charge in [-0.15, -0.1) is 0 Å². The van der Waals surface area contributed by atoms with Crippen molar-refractivity contribution in [3.63, 3.8) is 0 Å². The second-order valence-corrected chi connectivity index (χ2v) is 2.84. The molecule has 0 aromatic rings. The standard InChI is InChI=1S/C11H15O2/c1-13-11-7-5-10(6-8-11)4-2-3-9-12/h4-8,12H,2-3,9H2,1H3/q+1. The zero-order valence-electron chi connectivity index (χ0n) is 7.86. The molecule has 1 aliphatic rings. The van der Waals surface area contributed by atoms with Crippen molar-refractivity contribution in [1.82, 2.24) is 0 Å². The molecule has 0 saturated carbocycles. The van der Waals surface area contributed by atoms with Gasteiger partial charge in [-0.25, -0.2) is 0 Å². The number of unbranched alkanes of at least 4 members (excludes halogenated alkanes) is 1. The van der Waals surface area contributed by atoms with E-state index >= 15 is 0 Å². The van der Waals surface area contributed by atoms with Gasteiger partial charge >= 0.3 is 5.78 Å². The Balaban J connectivity index is 2.48. The van der Waals surface area contributed by atoms with E-state index in [-0.39, 0.29) is 6.61 Å². The minimum Gasteiger partial charge on any atom is -0.396 e. The van der Waals surface area contributed by atoms with Crippen molar-refractivity contribution in [3.05, 3.63) is 36.0 Å². The van der Waals surface area contributed by atoms with Crippen molar-refractivity contribution in [2.45, 2.75) is 12.8 Å². The van der Waals surface area contributed by atoms with E-state index < -0.39 is 0 Å². The highest BCUT2D eigenvalue weighted by molar-refractivity contribution is 6.01. The molecule has 0 amide bonds. The Hall–Kier alpha value is -1.15. The first-order valence-corrected chi connectivity index (χ1v) is 4.45. The first-order valence-electron chi connectivity index (χ1n) is 4.45. The smallest absolute Gasteiger partial charge is 0.343 e. The molecular formula is C11H15O2+. The molecule has 0 aliphatic heterocycles. The lowest BCUT2D eigenvalue weighted by molar-refractivity contribution is -0.417. The molecule has 0 fully saturated rings. The molecule has 1 aliphatic carbocycles. The average molecular weight is 179 g/mol. The molecule has 1 N–H and O–H groups in total. The summed E-state index contributed by atoms with van der Waals surface area (Å²) in [4.78, 5) is 0. The number of hydrogen-bond donors (Lipinski definition) is 1. The zero-order valence-corrected chi connectivity index (χ0v) is 7.86. The monoisotopic (exact) mass is 179 g/mol. The van der Waals surface area contributed by atoms with Gasteiger partial charge in [0.2, 0.25) is 0 Å². The van der Waals surface area contributed by atoms with Crippen molar-refractivity contribution < 1.29 is 9.53 Å². The van der Waals surface area contributed by atoms with E-state index in [0.29, 0.717) is 0 Å². The topological polar surface area (TPSA) is 31.5 Å². The molecule has 0 bridgehead atoms. The summed E-state index contributed by atoms with van der Waals surface area (Å²) < 4.78 is 5.04. The summed E-state index contributed by atoms with van der Waals surface area (Å²) in [5.41, 5.74) is 1.18. The van der Waals surface area contributed by atoms with E-state index in [9.17, 15) is 0 Å². The highest BCUT2D eigenvalue weighted by Gasteiger charge is 2.04. The average Bonchev–Trinajstić information content (AvgIpc) is 2.19. The lowest BCUT2D eigenvalue weighted by Crippen LogP contribution is -1.95. The molecule has 13 heavy (non-hydrogen) atoms. The number of hydrogen-bond acceptors (Lipinski definition) is 1. The predicted molar refractivity (Wildman–Crippen MR) is 53.6 cm³/mol. The lowest BCUT2D eigenvalue weighted by atomic mass is 10.1. The Labute approximate surface area is 78.6 Å². The largest absolute Gasteiger partial charge is 0.396 e. The number of ketones is 1. The second-order valence-electron chi connectivity index (χ2n) is 2.84. The SMILES string of the molecule is C[O+]=C1C=CC(=CCCCO)C=C1. The van der Waals surface area contributed by atoms with Crippen LogP contribution in [0.4, 0.5) is 0 Å². The molecule has 0 atom stereocenters. The number of carbonyl (C=O) groups excluding carboxylic acids is 1. The van der Waals surface area contributed by atoms with Gasteiger partial charge in [0.15, 0.2) is 0 Å². The molecule has 70 valence electrons. The summed E-state index contributed by atoms with van der Waals surface area (Å²) in [5, 5.41) is 8.59. The van der Waals surface area contributed by atoms with Crippen LogP contribution in [0.1, 0.15) is 12.8 Å². The van der Waals surface area contributed by atoms with Crippen molar-refractivity contribution in [2.75, 3.05) is 13.7 Å². The Morgan fingerprint density at radius 1 is 1.31 bits per heavy atom. The van der Waals surface area contributed by atoms with Crippen LogP contribution in [-0.2, 0) is 4.42 Å². The van der Waals surface area contributed by atoms with E-state index in [1.165, 1.54) is 5.57 Å². The molecule has 0 aromatic carbocycles. The van der Waals surface area contributed by atoms with Crippen LogP contribution >= 0.6 is 0 Å². The third-order valence-corrected chi connectivity index (χ3v) is 1.86. The first-order chi connectivity index (χ1) is 6.36. The van der Waals surface area contributed by atoms with Gasteiger partial charge in [0, 0.05) is 18.8 Å². The number of aliphatic hydroxyl groups is 1. The molecule has 0 unspecified atom stereocenters. The van der Waals surface area contributed by atoms with Crippen LogP contribution in [0.15, 0.2) is 36.0 Å². The van der Waals surface area contributed by atoms with Gasteiger partial charge in [-0.1, -0.05) is 6.08 Å². The van der Waals surface area contributed by atoms with E-state index in [0.717, 1.165) is 18.6 Å². The maximum atomic E-state index is 8.59. The van der Waals surface area contributed by atoms with Gasteiger partial charge in [-0.2, -0.15) is 0 Å². The molecule has 0 spiro atoms. The van der Waals surface area contributed by atoms with Gasteiger partial charge < -0.3 is 5.11 Å². The fourth-order valence-electron chi connectivity index (χ4n) is 1.10. The van der Waals surface area contributed by atoms with Gasteiger partial charge in [-0.3, -0.25) is 4.42 Å². The summed E-state index contributed by atoms with van der Waals surface area (Å²) in [6, 6.07) is 0. The molecule has 0 radical (unpaired) electrons. The lowest BCUT2D eigenvalue weighted by Gasteiger charge is -1.96. The van der Waals surface area contributed by atoms with Crippen LogP contribution in [0.5, 0.6) is 0 Å². The van der Waals surface area contributed by atoms with Gasteiger partial charge in [0.05, 0.1) is 0 Å². The molecular weight excluding hydrogens is 164 g/mol. The van der Waals surface area contributed by atoms with E-state index in [2.05, 4.69) is 6.08 Å². The van der Waals surface area contributed by atoms with Crippen LogP contribution < -0.4 is 0 Å². The van der Waals surface area contributed by atoms with Gasteiger partial charge in [0.1, 0.15) is 0 Å². The number of allylic oxidation sites excluding steroid dienone is 6. The second kappa shape index (κ2) is 5.49. The highest BCUT2D eigenvalue weighted by Crippen LogP contribution is 2.07. The maximum Gasteiger partial charge on any atom is 0.343 e. The summed E-state index contributed by atoms with van der Waals surface area (Å²) in [6.07, 6.45) is 11.7. The summed E-state index contributed by atoms with van der Waals surface area (Å²) in [7, 11) is 1.66. The fourth-order valence-corrected chi connectivity index (χ4v) is 1.10. The summed E-state index contributed by atoms with van der Waals surface area (Å²) >= 11 is 0. The van der Waals surface area contributed by atoms with Crippen molar-refractivity contribution >= 4 is 5.78 Å². The van der Waals surface area contributed by atoms with Crippen LogP contribution in [0.25, 0.3) is 0 Å². The van der Waals surface area contributed by atoms with E-state index in [1.54, 1.807) is 7.11 Å². The Kier molecular flexibility index (Phi) is 4.19. The van der Waals surface area contributed by atoms with E-state index in [4.69, 9.17) is 9.53 Å². The Morgan fingerprint density at radius 2 is 2.00 bits per heavy atom. The van der Waals surface area contributed by atoms with Gasteiger partial charge in [-0.05, 0) is 30.6 Å². The van der Waals surface area contributed by atoms with Crippen molar-refractivity contribution in [1.29, 1.82) is 0 Å². The van der Waals surface area contributed by atoms with Crippen LogP contribution in [0.3, 0.4) is 0 Å². The van der Waals surface area contributed by atoms with Crippen LogP contribution in [-0.4, -0.2) is 24.6 Å². The van der Waals surface area contributed by atoms with Crippen LogP contribution in [0.2, 0.25) is 0 Å². The third kappa shape index (κ3) is 3.38. The summed E-state index contributed by atoms with van der Waals surface area (Å²) in [6.45, 7) is 0.257. The summed E-state index contributed by atoms with van der Waals surface area (Å²) in [5.74, 6) is 0.874. The Morgan fingerprint density at radius 3 is 2.54 bits per heavy atom. The highest BCUT2D eigenvalue weighted by atomic mass is 16.4. The normalized spacial score (nSPS) is 14.9. The zero-order chi connectivity index (χ0) is 9.52. The first kappa shape index (κ1) is 9.93. The number of rotatable bonds is 3. The molecule has 1 rings (SSSR count). The molecule has 0 heterocycles. The van der Waals surface area contributed by atoms with Crippen molar-refractivity contribution in [3.8, 4) is 0 Å². The van der Waals surface area contributed by atoms with Gasteiger partial charge in [0.25, 0.3) is 7.11 Å². The number of aliphatic hydroxyl groups excluding tert-OH is 1. The third-order valence-electron chi connectivity index (χ3n) is 1.86. The maximum absolute atomic E-state index is 8.59. The minimum absolute atomic E-state index is 0.257. The quantitative estimate of drug-likeness (QED) is 0.517. The minimum atomic E-state index is 0.257. The van der Waals surface area contributed by atoms with Crippen LogP contribution in [0, 0.1) is 0 Å². The molecule has 0 saturated heterocycles. The predicted octanol–water partition coefficient (Wildman–Crippen LogP) is 1.55.